The molecular weight excluding hydrogens is 294 g/mol. The maximum absolute atomic E-state index is 12.2. The van der Waals surface area contributed by atoms with Gasteiger partial charge in [0.25, 0.3) is 5.78 Å². The second kappa shape index (κ2) is 5.47. The number of Topliss-reactive ketones (excluding diaryl/α,β-unsaturated/α-hetero) is 1. The van der Waals surface area contributed by atoms with Crippen LogP contribution in [0.1, 0.15) is 12.5 Å². The lowest BCUT2D eigenvalue weighted by Crippen LogP contribution is -2.32. The summed E-state index contributed by atoms with van der Waals surface area (Å²) in [5.41, 5.74) is -1.19. The number of carbonyl (C=O) groups is 2. The Hall–Kier alpha value is -2.90. The smallest absolute Gasteiger partial charge is 0.411 e. The first-order valence-electron chi connectivity index (χ1n) is 6.23. The Balaban J connectivity index is 2.41. The molecule has 0 saturated heterocycles. The molecule has 8 nitrogen and oxygen atoms in total. The Labute approximate surface area is 125 Å². The van der Waals surface area contributed by atoms with Crippen LogP contribution in [-0.4, -0.2) is 36.3 Å². The Morgan fingerprint density at radius 3 is 2.45 bits per heavy atom. The molecule has 1 aromatic carbocycles. The number of benzene rings is 1. The summed E-state index contributed by atoms with van der Waals surface area (Å²) in [4.78, 5) is 22.9. The number of hydrogen-bond donors (Lipinski definition) is 3. The predicted octanol–water partition coefficient (Wildman–Crippen LogP) is 1.51. The summed E-state index contributed by atoms with van der Waals surface area (Å²) in [6.45, 7) is 1.42. The van der Waals surface area contributed by atoms with Crippen molar-refractivity contribution in [3.05, 3.63) is 35.4 Å². The molecule has 22 heavy (non-hydrogen) atoms. The summed E-state index contributed by atoms with van der Waals surface area (Å²) in [7, 11) is 2.91. The number of nitrogens with one attached hydrogen (secondary N) is 1. The highest BCUT2D eigenvalue weighted by Crippen LogP contribution is 2.40. The summed E-state index contributed by atoms with van der Waals surface area (Å²) in [6, 6.07) is 4.67. The third-order valence-electron chi connectivity index (χ3n) is 3.32. The minimum Gasteiger partial charge on any atom is -0.501 e. The number of amides is 1. The van der Waals surface area contributed by atoms with Crippen molar-refractivity contribution in [1.29, 1.82) is 0 Å². The number of aliphatic hydroxyl groups is 1. The zero-order valence-electron chi connectivity index (χ0n) is 12.2. The molecule has 1 aliphatic heterocycles. The molecule has 8 heteroatoms. The number of aliphatic hydroxyl groups excluding tert-OH is 1. The van der Waals surface area contributed by atoms with Crippen LogP contribution in [0.25, 0.3) is 0 Å². The van der Waals surface area contributed by atoms with Gasteiger partial charge >= 0.3 is 6.09 Å². The summed E-state index contributed by atoms with van der Waals surface area (Å²) in [6.07, 6.45) is -1.45. The third-order valence-corrected chi connectivity index (χ3v) is 3.32. The lowest BCUT2D eigenvalue weighted by atomic mass is 9.91. The van der Waals surface area contributed by atoms with Gasteiger partial charge in [-0.15, -0.1) is 0 Å². The zero-order valence-corrected chi connectivity index (χ0v) is 12.2. The molecule has 0 fully saturated rings. The average molecular weight is 309 g/mol. The van der Waals surface area contributed by atoms with Gasteiger partial charge in [0.15, 0.2) is 17.1 Å². The number of carbonyl (C=O) groups excluding carboxylic acids is 1. The molecule has 2 rings (SSSR count). The molecule has 1 atom stereocenters. The Kier molecular flexibility index (Phi) is 3.85. The van der Waals surface area contributed by atoms with Gasteiger partial charge in [-0.3, -0.25) is 10.1 Å². The van der Waals surface area contributed by atoms with E-state index >= 15 is 0 Å². The molecule has 1 unspecified atom stereocenters. The predicted molar refractivity (Wildman–Crippen MR) is 73.8 cm³/mol. The minimum atomic E-state index is -1.57. The van der Waals surface area contributed by atoms with Gasteiger partial charge in [0.05, 0.1) is 14.2 Å². The second-order valence-electron chi connectivity index (χ2n) is 4.64. The fraction of sp³-hybridized carbons (Fsp3) is 0.286. The van der Waals surface area contributed by atoms with E-state index < -0.39 is 29.1 Å². The first-order chi connectivity index (χ1) is 10.3. The van der Waals surface area contributed by atoms with Gasteiger partial charge in [0.1, 0.15) is 0 Å². The Bertz CT molecular complexity index is 667. The van der Waals surface area contributed by atoms with Crippen molar-refractivity contribution in [3.8, 4) is 11.5 Å². The first-order valence-corrected chi connectivity index (χ1v) is 6.23. The van der Waals surface area contributed by atoms with Crippen LogP contribution in [0.3, 0.4) is 0 Å². The largest absolute Gasteiger partial charge is 0.501 e. The number of carboxylic acid groups (broad SMARTS) is 1. The van der Waals surface area contributed by atoms with E-state index in [0.717, 1.165) is 0 Å². The van der Waals surface area contributed by atoms with Gasteiger partial charge < -0.3 is 24.4 Å². The fourth-order valence-electron chi connectivity index (χ4n) is 2.13. The maximum Gasteiger partial charge on any atom is 0.411 e. The maximum atomic E-state index is 12.2. The number of hydrogen-bond acceptors (Lipinski definition) is 6. The fourth-order valence-corrected chi connectivity index (χ4v) is 2.13. The number of ether oxygens (including phenoxy) is 3. The summed E-state index contributed by atoms with van der Waals surface area (Å²) < 4.78 is 15.6. The summed E-state index contributed by atoms with van der Waals surface area (Å²) in [5.74, 6) is -1.21. The zero-order chi connectivity index (χ0) is 16.5. The van der Waals surface area contributed by atoms with Gasteiger partial charge in [0, 0.05) is 5.56 Å². The lowest BCUT2D eigenvalue weighted by Gasteiger charge is -2.24. The van der Waals surface area contributed by atoms with Crippen LogP contribution in [0, 0.1) is 0 Å². The van der Waals surface area contributed by atoms with Crippen LogP contribution >= 0.6 is 0 Å². The van der Waals surface area contributed by atoms with Crippen LogP contribution in [0.2, 0.25) is 0 Å². The number of methoxy groups -OCH3 is 2. The van der Waals surface area contributed by atoms with Crippen molar-refractivity contribution in [1.82, 2.24) is 5.32 Å². The van der Waals surface area contributed by atoms with Crippen molar-refractivity contribution in [2.24, 2.45) is 0 Å². The quantitative estimate of drug-likeness (QED) is 0.772. The molecule has 1 amide bonds. The van der Waals surface area contributed by atoms with Gasteiger partial charge in [0.2, 0.25) is 11.6 Å². The summed E-state index contributed by atoms with van der Waals surface area (Å²) in [5, 5.41) is 20.3. The van der Waals surface area contributed by atoms with E-state index in [4.69, 9.17) is 19.3 Å². The van der Waals surface area contributed by atoms with Crippen molar-refractivity contribution >= 4 is 11.9 Å². The molecule has 1 aliphatic rings. The topological polar surface area (TPSA) is 114 Å². The van der Waals surface area contributed by atoms with Crippen LogP contribution in [0.5, 0.6) is 11.5 Å². The molecular formula is C14H15NO7. The van der Waals surface area contributed by atoms with Crippen LogP contribution < -0.4 is 14.8 Å². The monoisotopic (exact) mass is 309 g/mol. The van der Waals surface area contributed by atoms with Crippen LogP contribution in [-0.2, 0) is 15.1 Å². The molecule has 0 aromatic heterocycles. The Morgan fingerprint density at radius 1 is 1.27 bits per heavy atom. The van der Waals surface area contributed by atoms with E-state index in [1.165, 1.54) is 27.2 Å². The molecule has 0 aliphatic carbocycles. The second-order valence-corrected chi connectivity index (χ2v) is 4.64. The van der Waals surface area contributed by atoms with E-state index in [0.29, 0.717) is 17.1 Å². The number of ketones is 1. The third kappa shape index (κ3) is 2.39. The molecule has 118 valence electrons. The molecule has 0 bridgehead atoms. The van der Waals surface area contributed by atoms with Crippen LogP contribution in [0.4, 0.5) is 4.79 Å². The molecule has 0 radical (unpaired) electrons. The average Bonchev–Trinajstić information content (AvgIpc) is 2.71. The lowest BCUT2D eigenvalue weighted by molar-refractivity contribution is -0.131. The van der Waals surface area contributed by atoms with E-state index in [-0.39, 0.29) is 0 Å². The van der Waals surface area contributed by atoms with Gasteiger partial charge in [-0.1, -0.05) is 6.07 Å². The standard InChI is InChI=1S/C14H15NO7/c1-14(7-4-5-8(20-2)9(6-7)21-3)11(17)10(16)12(22-14)15-13(18)19/h4-6,15-16H,1-3H3,(H,18,19). The molecule has 3 N–H and O–H groups in total. The molecule has 0 spiro atoms. The van der Waals surface area contributed by atoms with Gasteiger partial charge in [-0.25, -0.2) is 4.79 Å². The number of rotatable bonds is 4. The highest BCUT2D eigenvalue weighted by atomic mass is 16.5. The van der Waals surface area contributed by atoms with E-state index in [1.807, 2.05) is 5.32 Å². The van der Waals surface area contributed by atoms with Crippen molar-refractivity contribution in [2.45, 2.75) is 12.5 Å². The molecule has 0 saturated carbocycles. The molecule has 1 heterocycles. The highest BCUT2D eigenvalue weighted by molar-refractivity contribution is 6.03. The normalized spacial score (nSPS) is 20.6. The van der Waals surface area contributed by atoms with Crippen molar-refractivity contribution in [3.63, 3.8) is 0 Å². The van der Waals surface area contributed by atoms with Gasteiger partial charge in [-0.2, -0.15) is 0 Å². The molecule has 1 aromatic rings. The first kappa shape index (κ1) is 15.5. The van der Waals surface area contributed by atoms with Crippen LogP contribution in [0.15, 0.2) is 29.8 Å². The minimum absolute atomic E-state index is 0.372. The van der Waals surface area contributed by atoms with Crippen molar-refractivity contribution < 1.29 is 34.0 Å². The van der Waals surface area contributed by atoms with Gasteiger partial charge in [-0.05, 0) is 19.1 Å². The van der Waals surface area contributed by atoms with Crippen molar-refractivity contribution in [2.75, 3.05) is 14.2 Å². The SMILES string of the molecule is COc1ccc(C2(C)OC(NC(=O)O)=C(O)C2=O)cc1OC. The summed E-state index contributed by atoms with van der Waals surface area (Å²) >= 11 is 0. The highest BCUT2D eigenvalue weighted by Gasteiger charge is 2.48. The van der Waals surface area contributed by atoms with E-state index in [9.17, 15) is 14.7 Å². The Morgan fingerprint density at radius 2 is 1.91 bits per heavy atom. The van der Waals surface area contributed by atoms with E-state index in [2.05, 4.69) is 0 Å². The van der Waals surface area contributed by atoms with E-state index in [1.54, 1.807) is 12.1 Å².